The normalized spacial score (nSPS) is 14.7. The number of nitrogens with one attached hydrogen (secondary N) is 3. The van der Waals surface area contributed by atoms with E-state index in [4.69, 9.17) is 22.3 Å². The number of carboxylic acid groups (broad SMARTS) is 1. The Balaban J connectivity index is 5.16. The molecule has 0 rings (SSSR count). The Kier molecular flexibility index (Phi) is 13.4. The van der Waals surface area contributed by atoms with Crippen LogP contribution in [0.15, 0.2) is 0 Å². The first-order valence-corrected chi connectivity index (χ1v) is 9.80. The van der Waals surface area contributed by atoms with Crippen molar-refractivity contribution in [1.82, 2.24) is 16.0 Å². The van der Waals surface area contributed by atoms with Crippen molar-refractivity contribution in [3.05, 3.63) is 0 Å². The number of carbonyl (C=O) groups is 5. The van der Waals surface area contributed by atoms with E-state index < -0.39 is 66.8 Å². The highest BCUT2D eigenvalue weighted by molar-refractivity contribution is 7.80. The Hall–Kier alpha value is -2.42. The number of hydrogen-bond acceptors (Lipinski definition) is 9. The Bertz CT molecular complexity index is 621. The van der Waals surface area contributed by atoms with Gasteiger partial charge in [0.2, 0.25) is 23.6 Å². The summed E-state index contributed by atoms with van der Waals surface area (Å²) < 4.78 is 0. The lowest BCUT2D eigenvalue weighted by atomic mass is 10.1. The van der Waals surface area contributed by atoms with E-state index in [-0.39, 0.29) is 12.2 Å². The van der Waals surface area contributed by atoms with Crippen molar-refractivity contribution in [2.24, 2.45) is 17.2 Å². The minimum absolute atomic E-state index is 0.140. The van der Waals surface area contributed by atoms with Crippen LogP contribution < -0.4 is 33.2 Å². The molecule has 30 heavy (non-hydrogen) atoms. The number of amides is 4. The van der Waals surface area contributed by atoms with Gasteiger partial charge in [0.05, 0.1) is 19.1 Å². The maximum Gasteiger partial charge on any atom is 0.327 e. The fourth-order valence-corrected chi connectivity index (χ4v) is 2.52. The standard InChI is InChI=1S/C16H30N6O7S/c17-4-2-1-3-9(14(26)22-11(7-30)16(28)29)20-15(27)10(6-23)21-13(25)8(18)5-12(19)24/h8-11,23,30H,1-7,17-18H2,(H2,19,24)(H,20,27)(H,21,25)(H,22,26)(H,28,29). The molecule has 0 aliphatic rings. The summed E-state index contributed by atoms with van der Waals surface area (Å²) in [6.45, 7) is -0.462. The van der Waals surface area contributed by atoms with Gasteiger partial charge in [-0.2, -0.15) is 12.6 Å². The highest BCUT2D eigenvalue weighted by Crippen LogP contribution is 2.03. The molecule has 0 aliphatic heterocycles. The molecule has 0 saturated carbocycles. The first-order valence-electron chi connectivity index (χ1n) is 9.16. The van der Waals surface area contributed by atoms with Crippen LogP contribution in [0.5, 0.6) is 0 Å². The van der Waals surface area contributed by atoms with Gasteiger partial charge in [-0.25, -0.2) is 4.79 Å². The summed E-state index contributed by atoms with van der Waals surface area (Å²) in [5, 5.41) is 25.2. The lowest BCUT2D eigenvalue weighted by Gasteiger charge is -2.24. The number of hydrogen-bond donors (Lipinski definition) is 9. The fraction of sp³-hybridized carbons (Fsp3) is 0.688. The Morgan fingerprint density at radius 1 is 0.900 bits per heavy atom. The second-order valence-corrected chi connectivity index (χ2v) is 6.81. The molecule has 172 valence electrons. The predicted octanol–water partition coefficient (Wildman–Crippen LogP) is -4.22. The Morgan fingerprint density at radius 3 is 1.90 bits per heavy atom. The molecule has 0 spiro atoms. The highest BCUT2D eigenvalue weighted by atomic mass is 32.1. The van der Waals surface area contributed by atoms with E-state index in [1.165, 1.54) is 0 Å². The molecule has 0 aromatic rings. The maximum atomic E-state index is 12.4. The third-order valence-electron chi connectivity index (χ3n) is 3.95. The molecule has 11 N–H and O–H groups in total. The van der Waals surface area contributed by atoms with Gasteiger partial charge in [0.25, 0.3) is 0 Å². The number of primary amides is 1. The highest BCUT2D eigenvalue weighted by Gasteiger charge is 2.29. The minimum atomic E-state index is -1.46. The van der Waals surface area contributed by atoms with Gasteiger partial charge in [0.15, 0.2) is 0 Å². The number of nitrogens with two attached hydrogens (primary N) is 3. The smallest absolute Gasteiger partial charge is 0.327 e. The van der Waals surface area contributed by atoms with Gasteiger partial charge >= 0.3 is 5.97 Å². The summed E-state index contributed by atoms with van der Waals surface area (Å²) >= 11 is 3.86. The number of carbonyl (C=O) groups excluding carboxylic acids is 4. The summed E-state index contributed by atoms with van der Waals surface area (Å²) in [4.78, 5) is 58.7. The topological polar surface area (TPSA) is 240 Å². The molecule has 0 aromatic carbocycles. The van der Waals surface area contributed by atoms with Gasteiger partial charge in [-0.3, -0.25) is 19.2 Å². The molecule has 0 heterocycles. The molecule has 0 aromatic heterocycles. The van der Waals surface area contributed by atoms with Crippen molar-refractivity contribution < 1.29 is 34.2 Å². The van der Waals surface area contributed by atoms with Gasteiger partial charge in [-0.1, -0.05) is 0 Å². The van der Waals surface area contributed by atoms with E-state index in [1.54, 1.807) is 0 Å². The molecule has 0 fully saturated rings. The van der Waals surface area contributed by atoms with Crippen LogP contribution >= 0.6 is 12.6 Å². The lowest BCUT2D eigenvalue weighted by Crippen LogP contribution is -2.58. The molecule has 4 unspecified atom stereocenters. The van der Waals surface area contributed by atoms with Crippen LogP contribution in [0.1, 0.15) is 25.7 Å². The summed E-state index contributed by atoms with van der Waals surface area (Å²) in [5.74, 6) is -4.85. The molecule has 0 aliphatic carbocycles. The number of aliphatic hydroxyl groups excluding tert-OH is 1. The molecule has 4 atom stereocenters. The van der Waals surface area contributed by atoms with Crippen LogP contribution in [0.3, 0.4) is 0 Å². The Labute approximate surface area is 178 Å². The zero-order valence-corrected chi connectivity index (χ0v) is 17.3. The van der Waals surface area contributed by atoms with Crippen molar-refractivity contribution in [3.63, 3.8) is 0 Å². The monoisotopic (exact) mass is 450 g/mol. The minimum Gasteiger partial charge on any atom is -0.480 e. The zero-order valence-electron chi connectivity index (χ0n) is 16.4. The zero-order chi connectivity index (χ0) is 23.3. The fourth-order valence-electron chi connectivity index (χ4n) is 2.27. The SMILES string of the molecule is NCCCCC(NC(=O)C(CO)NC(=O)C(N)CC(N)=O)C(=O)NC(CS)C(=O)O. The van der Waals surface area contributed by atoms with E-state index in [0.29, 0.717) is 19.4 Å². The molecule has 13 nitrogen and oxygen atoms in total. The summed E-state index contributed by atoms with van der Waals surface area (Å²) in [6.07, 6.45) is 0.681. The molecular weight excluding hydrogens is 420 g/mol. The summed E-state index contributed by atoms with van der Waals surface area (Å²) in [5.41, 5.74) is 15.9. The van der Waals surface area contributed by atoms with Crippen molar-refractivity contribution in [3.8, 4) is 0 Å². The molecule has 14 heteroatoms. The van der Waals surface area contributed by atoms with Gasteiger partial charge < -0.3 is 43.4 Å². The van der Waals surface area contributed by atoms with Crippen LogP contribution in [0.25, 0.3) is 0 Å². The van der Waals surface area contributed by atoms with Crippen LogP contribution in [0.4, 0.5) is 0 Å². The largest absolute Gasteiger partial charge is 0.480 e. The lowest BCUT2D eigenvalue weighted by molar-refractivity contribution is -0.141. The van der Waals surface area contributed by atoms with Gasteiger partial charge in [0.1, 0.15) is 18.1 Å². The van der Waals surface area contributed by atoms with Gasteiger partial charge in [-0.15, -0.1) is 0 Å². The molecule has 0 saturated heterocycles. The number of aliphatic hydroxyl groups is 1. The van der Waals surface area contributed by atoms with Crippen LogP contribution in [0, 0.1) is 0 Å². The summed E-state index contributed by atoms with van der Waals surface area (Å²) in [6, 6.07) is -5.19. The van der Waals surface area contributed by atoms with E-state index in [2.05, 4.69) is 28.6 Å². The number of rotatable bonds is 15. The van der Waals surface area contributed by atoms with Crippen LogP contribution in [-0.4, -0.2) is 82.9 Å². The van der Waals surface area contributed by atoms with Crippen LogP contribution in [0.2, 0.25) is 0 Å². The number of carboxylic acids is 1. The second-order valence-electron chi connectivity index (χ2n) is 6.45. The van der Waals surface area contributed by atoms with Gasteiger partial charge in [-0.05, 0) is 25.8 Å². The van der Waals surface area contributed by atoms with Crippen molar-refractivity contribution in [2.45, 2.75) is 49.9 Å². The molecular formula is C16H30N6O7S. The first-order chi connectivity index (χ1) is 14.1. The van der Waals surface area contributed by atoms with Crippen molar-refractivity contribution in [1.29, 1.82) is 0 Å². The molecule has 0 bridgehead atoms. The van der Waals surface area contributed by atoms with E-state index in [1.807, 2.05) is 0 Å². The second kappa shape index (κ2) is 14.5. The average Bonchev–Trinajstić information content (AvgIpc) is 2.68. The third kappa shape index (κ3) is 10.4. The summed E-state index contributed by atoms with van der Waals surface area (Å²) in [7, 11) is 0. The average molecular weight is 451 g/mol. The maximum absolute atomic E-state index is 12.4. The third-order valence-corrected chi connectivity index (χ3v) is 4.32. The van der Waals surface area contributed by atoms with Crippen molar-refractivity contribution >= 4 is 42.2 Å². The number of aliphatic carboxylic acids is 1. The first kappa shape index (κ1) is 27.6. The number of unbranched alkanes of at least 4 members (excludes halogenated alkanes) is 1. The van der Waals surface area contributed by atoms with Gasteiger partial charge in [0, 0.05) is 5.75 Å². The van der Waals surface area contributed by atoms with Crippen LogP contribution in [-0.2, 0) is 24.0 Å². The van der Waals surface area contributed by atoms with E-state index in [0.717, 1.165) is 0 Å². The Morgan fingerprint density at radius 2 is 1.43 bits per heavy atom. The van der Waals surface area contributed by atoms with E-state index in [9.17, 15) is 29.1 Å². The molecule has 0 radical (unpaired) electrons. The number of thiol groups is 1. The molecule has 4 amide bonds. The van der Waals surface area contributed by atoms with Crippen molar-refractivity contribution in [2.75, 3.05) is 18.9 Å². The quantitative estimate of drug-likeness (QED) is 0.0866. The predicted molar refractivity (Wildman–Crippen MR) is 109 cm³/mol. The van der Waals surface area contributed by atoms with E-state index >= 15 is 0 Å².